The van der Waals surface area contributed by atoms with Gasteiger partial charge in [-0.2, -0.15) is 4.99 Å². The molecule has 0 saturated carbocycles. The molecule has 15 nitrogen and oxygen atoms in total. The predicted molar refractivity (Wildman–Crippen MR) is 193 cm³/mol. The van der Waals surface area contributed by atoms with E-state index in [1.54, 1.807) is 26.0 Å². The van der Waals surface area contributed by atoms with E-state index in [1.807, 2.05) is 53.4 Å². The van der Waals surface area contributed by atoms with E-state index < -0.39 is 42.6 Å². The highest BCUT2D eigenvalue weighted by Gasteiger charge is 2.27. The zero-order valence-electron chi connectivity index (χ0n) is 30.5. The molecule has 1 aliphatic rings. The number of fused-ring (bicyclic) bond motifs is 1. The Balaban J connectivity index is 1.40. The molecular weight excluding hydrogens is 688 g/mol. The number of alkyl carbamates (subject to hydrolysis) is 1. The van der Waals surface area contributed by atoms with Gasteiger partial charge in [0.2, 0.25) is 12.6 Å². The highest BCUT2D eigenvalue weighted by atomic mass is 16.7. The van der Waals surface area contributed by atoms with Crippen molar-refractivity contribution in [2.75, 3.05) is 19.7 Å². The van der Waals surface area contributed by atoms with Crippen LogP contribution in [0.5, 0.6) is 5.75 Å². The zero-order valence-corrected chi connectivity index (χ0v) is 30.5. The van der Waals surface area contributed by atoms with E-state index in [9.17, 15) is 24.0 Å². The summed E-state index contributed by atoms with van der Waals surface area (Å²) in [6.07, 6.45) is -3.10. The summed E-state index contributed by atoms with van der Waals surface area (Å²) in [5.41, 5.74) is 2.02. The molecule has 0 spiro atoms. The number of hydrogen-bond acceptors (Lipinski definition) is 12. The van der Waals surface area contributed by atoms with Crippen LogP contribution in [0.15, 0.2) is 65.7 Å². The van der Waals surface area contributed by atoms with Crippen LogP contribution in [0.3, 0.4) is 0 Å². The number of nitrogens with one attached hydrogen (secondary N) is 2. The summed E-state index contributed by atoms with van der Waals surface area (Å²) in [4.78, 5) is 65.5. The first-order chi connectivity index (χ1) is 25.2. The van der Waals surface area contributed by atoms with Crippen molar-refractivity contribution in [3.63, 3.8) is 0 Å². The molecule has 1 heterocycles. The minimum atomic E-state index is -1.11. The van der Waals surface area contributed by atoms with Crippen LogP contribution in [0.4, 0.5) is 9.59 Å². The summed E-state index contributed by atoms with van der Waals surface area (Å²) in [7, 11) is 0. The fourth-order valence-electron chi connectivity index (χ4n) is 5.73. The van der Waals surface area contributed by atoms with E-state index in [0.717, 1.165) is 21.9 Å². The number of rotatable bonds is 12. The third kappa shape index (κ3) is 12.0. The van der Waals surface area contributed by atoms with E-state index in [1.165, 1.54) is 27.7 Å². The van der Waals surface area contributed by atoms with Crippen molar-refractivity contribution in [2.24, 2.45) is 4.99 Å². The zero-order chi connectivity index (χ0) is 38.7. The average Bonchev–Trinajstić information content (AvgIpc) is 3.55. The number of carbonyl (C=O) groups is 5. The number of aliphatic imine (C=N–C) groups is 1. The van der Waals surface area contributed by atoms with Crippen molar-refractivity contribution in [3.8, 4) is 5.75 Å². The maximum atomic E-state index is 13.2. The van der Waals surface area contributed by atoms with Gasteiger partial charge in [-0.15, -0.1) is 0 Å². The van der Waals surface area contributed by atoms with Crippen molar-refractivity contribution in [2.45, 2.75) is 79.0 Å². The molecule has 1 fully saturated rings. The molecule has 53 heavy (non-hydrogen) atoms. The standard InChI is InChI=1S/C38H44N4O11/c1-7-48-36(45)34(19-27-8-9-28-10-11-30(20-31(28)18-27)35(39)41-38(47)52-26(6)50-24(4)44)29-12-14-32(15-13-29)53-33-16-17-42(21-33)22(2)40-37(46)51-25(5)49-23(3)43/h8-15,18,20,25-26,33-34H,7,16-17,19,21H2,1-6H3,(H2,39,41,47)/t25?,26?,33-,34-/m0/s1. The molecule has 4 atom stereocenters. The molecule has 3 aromatic rings. The lowest BCUT2D eigenvalue weighted by Gasteiger charge is -2.19. The van der Waals surface area contributed by atoms with Gasteiger partial charge in [0.25, 0.3) is 0 Å². The van der Waals surface area contributed by atoms with Gasteiger partial charge in [0, 0.05) is 46.2 Å². The molecule has 4 rings (SSSR count). The molecule has 282 valence electrons. The monoisotopic (exact) mass is 732 g/mol. The Labute approximate surface area is 307 Å². The normalized spacial score (nSPS) is 15.8. The third-order valence-corrected chi connectivity index (χ3v) is 8.08. The first-order valence-electron chi connectivity index (χ1n) is 17.1. The molecule has 0 aromatic heterocycles. The van der Waals surface area contributed by atoms with Crippen LogP contribution < -0.4 is 10.1 Å². The summed E-state index contributed by atoms with van der Waals surface area (Å²) in [5, 5.41) is 12.4. The van der Waals surface area contributed by atoms with Crippen LogP contribution in [0.2, 0.25) is 0 Å². The van der Waals surface area contributed by atoms with Crippen molar-refractivity contribution < 1.29 is 52.4 Å². The minimum absolute atomic E-state index is 0.169. The van der Waals surface area contributed by atoms with Crippen LogP contribution in [0.25, 0.3) is 10.8 Å². The highest BCUT2D eigenvalue weighted by molar-refractivity contribution is 6.06. The lowest BCUT2D eigenvalue weighted by molar-refractivity contribution is -0.163. The molecule has 0 radical (unpaired) electrons. The van der Waals surface area contributed by atoms with Crippen LogP contribution in [-0.2, 0) is 44.5 Å². The second-order valence-electron chi connectivity index (χ2n) is 12.3. The van der Waals surface area contributed by atoms with E-state index in [0.29, 0.717) is 43.1 Å². The fourth-order valence-corrected chi connectivity index (χ4v) is 5.73. The predicted octanol–water partition coefficient (Wildman–Crippen LogP) is 5.61. The molecule has 2 unspecified atom stereocenters. The fraction of sp³-hybridized carbons (Fsp3) is 0.395. The summed E-state index contributed by atoms with van der Waals surface area (Å²) in [6.45, 7) is 10.0. The second kappa shape index (κ2) is 18.5. The maximum Gasteiger partial charge on any atom is 0.438 e. The summed E-state index contributed by atoms with van der Waals surface area (Å²) in [6, 6.07) is 18.3. The number of hydrogen-bond donors (Lipinski definition) is 2. The van der Waals surface area contributed by atoms with Gasteiger partial charge in [0.15, 0.2) is 0 Å². The Morgan fingerprint density at radius 1 is 0.868 bits per heavy atom. The maximum absolute atomic E-state index is 13.2. The molecule has 2 amide bonds. The van der Waals surface area contributed by atoms with Gasteiger partial charge >= 0.3 is 30.1 Å². The van der Waals surface area contributed by atoms with Crippen molar-refractivity contribution >= 4 is 52.5 Å². The molecule has 1 aliphatic heterocycles. The first-order valence-corrected chi connectivity index (χ1v) is 17.1. The van der Waals surface area contributed by atoms with Crippen LogP contribution in [-0.4, -0.2) is 85.0 Å². The van der Waals surface area contributed by atoms with Gasteiger partial charge < -0.3 is 33.3 Å². The number of amides is 2. The van der Waals surface area contributed by atoms with E-state index >= 15 is 0 Å². The lowest BCUT2D eigenvalue weighted by Crippen LogP contribution is -2.34. The van der Waals surface area contributed by atoms with Crippen LogP contribution in [0, 0.1) is 5.41 Å². The Bertz CT molecular complexity index is 1860. The molecule has 0 aliphatic carbocycles. The van der Waals surface area contributed by atoms with Crippen molar-refractivity contribution in [3.05, 3.63) is 77.4 Å². The van der Waals surface area contributed by atoms with Crippen molar-refractivity contribution in [1.82, 2.24) is 10.2 Å². The van der Waals surface area contributed by atoms with Crippen LogP contribution in [0.1, 0.15) is 70.6 Å². The number of likely N-dealkylation sites (tertiary alicyclic amines) is 1. The van der Waals surface area contributed by atoms with Gasteiger partial charge in [0.1, 0.15) is 23.5 Å². The van der Waals surface area contributed by atoms with Gasteiger partial charge in [0.05, 0.1) is 19.1 Å². The minimum Gasteiger partial charge on any atom is -0.489 e. The number of nitrogens with zero attached hydrogens (tertiary/aromatic N) is 2. The number of ether oxygens (including phenoxy) is 6. The van der Waals surface area contributed by atoms with Gasteiger partial charge in [-0.25, -0.2) is 9.59 Å². The van der Waals surface area contributed by atoms with E-state index in [-0.39, 0.29) is 24.5 Å². The Morgan fingerprint density at radius 2 is 1.53 bits per heavy atom. The average molecular weight is 733 g/mol. The Kier molecular flexibility index (Phi) is 13.9. The van der Waals surface area contributed by atoms with Gasteiger partial charge in [-0.1, -0.05) is 42.5 Å². The van der Waals surface area contributed by atoms with Gasteiger partial charge in [-0.05, 0) is 60.4 Å². The van der Waals surface area contributed by atoms with E-state index in [4.69, 9.17) is 33.8 Å². The molecule has 1 saturated heterocycles. The SMILES string of the molecule is CCOC(=O)[C@@H](Cc1ccc2ccc(C(=N)NC(=O)OC(C)OC(C)=O)cc2c1)c1ccc(O[C@H]2CCN(C(C)=NC(=O)OC(C)OC(C)=O)C2)cc1. The van der Waals surface area contributed by atoms with Gasteiger partial charge in [-0.3, -0.25) is 25.1 Å². The topological polar surface area (TPSA) is 192 Å². The summed E-state index contributed by atoms with van der Waals surface area (Å²) in [5.74, 6) is -1.28. The highest BCUT2D eigenvalue weighted by Crippen LogP contribution is 2.28. The number of benzene rings is 3. The molecule has 15 heteroatoms. The lowest BCUT2D eigenvalue weighted by atomic mass is 9.91. The van der Waals surface area contributed by atoms with Crippen molar-refractivity contribution in [1.29, 1.82) is 5.41 Å². The quantitative estimate of drug-likeness (QED) is 0.0771. The molecule has 3 aromatic carbocycles. The number of esters is 3. The number of carbonyl (C=O) groups excluding carboxylic acids is 5. The Morgan fingerprint density at radius 3 is 2.19 bits per heavy atom. The summed E-state index contributed by atoms with van der Waals surface area (Å²) < 4.78 is 31.2. The first kappa shape index (κ1) is 39.8. The molecular formula is C38H44N4O11. The third-order valence-electron chi connectivity index (χ3n) is 8.08. The summed E-state index contributed by atoms with van der Waals surface area (Å²) >= 11 is 0. The smallest absolute Gasteiger partial charge is 0.438 e. The largest absolute Gasteiger partial charge is 0.489 e. The van der Waals surface area contributed by atoms with E-state index in [2.05, 4.69) is 10.3 Å². The number of amidine groups is 2. The van der Waals surface area contributed by atoms with Crippen LogP contribution >= 0.6 is 0 Å². The second-order valence-corrected chi connectivity index (χ2v) is 12.3. The Hall–Kier alpha value is -5.99. The molecule has 2 N–H and O–H groups in total. The molecule has 0 bridgehead atoms.